The number of thiophene rings is 1. The van der Waals surface area contributed by atoms with Crippen LogP contribution in [0.5, 0.6) is 0 Å². The van der Waals surface area contributed by atoms with Crippen molar-refractivity contribution in [1.29, 1.82) is 0 Å². The molecular weight excluding hydrogens is 296 g/mol. The maximum absolute atomic E-state index is 5.41. The van der Waals surface area contributed by atoms with Crippen LogP contribution in [-0.2, 0) is 6.42 Å². The van der Waals surface area contributed by atoms with Gasteiger partial charge in [0.2, 0.25) is 0 Å². The minimum atomic E-state index is 0.106. The SMILES string of the molecule is CCc1ccc([C@H](NC(=S)NC(C)C)c2cccs2)cc1. The number of aryl methyl sites for hydroxylation is 1. The first-order valence-corrected chi connectivity index (χ1v) is 8.58. The Morgan fingerprint density at radius 3 is 2.38 bits per heavy atom. The number of hydrogen-bond donors (Lipinski definition) is 2. The van der Waals surface area contributed by atoms with E-state index in [4.69, 9.17) is 12.2 Å². The molecule has 2 aromatic rings. The van der Waals surface area contributed by atoms with Crippen molar-refractivity contribution < 1.29 is 0 Å². The standard InChI is InChI=1S/C17H22N2S2/c1-4-13-7-9-14(10-8-13)16(15-6-5-11-21-15)19-17(20)18-12(2)3/h5-12,16H,4H2,1-3H3,(H2,18,19,20)/t16-/m0/s1. The average Bonchev–Trinajstić information content (AvgIpc) is 2.98. The largest absolute Gasteiger partial charge is 0.361 e. The first-order valence-electron chi connectivity index (χ1n) is 7.29. The van der Waals surface area contributed by atoms with E-state index >= 15 is 0 Å². The summed E-state index contributed by atoms with van der Waals surface area (Å²) in [5, 5.41) is 9.49. The molecule has 1 atom stereocenters. The van der Waals surface area contributed by atoms with Gasteiger partial charge in [0.05, 0.1) is 6.04 Å². The van der Waals surface area contributed by atoms with Gasteiger partial charge in [0.15, 0.2) is 5.11 Å². The third-order valence-electron chi connectivity index (χ3n) is 3.24. The molecule has 0 fully saturated rings. The fourth-order valence-corrected chi connectivity index (χ4v) is 3.31. The molecule has 1 heterocycles. The van der Waals surface area contributed by atoms with Crippen LogP contribution in [0.15, 0.2) is 41.8 Å². The van der Waals surface area contributed by atoms with Crippen LogP contribution in [0.3, 0.4) is 0 Å². The summed E-state index contributed by atoms with van der Waals surface area (Å²) < 4.78 is 0. The summed E-state index contributed by atoms with van der Waals surface area (Å²) in [5.41, 5.74) is 2.59. The fourth-order valence-electron chi connectivity index (χ4n) is 2.15. The minimum absolute atomic E-state index is 0.106. The first-order chi connectivity index (χ1) is 10.1. The van der Waals surface area contributed by atoms with E-state index in [1.165, 1.54) is 16.0 Å². The van der Waals surface area contributed by atoms with Gasteiger partial charge in [0.1, 0.15) is 0 Å². The van der Waals surface area contributed by atoms with Gasteiger partial charge in [-0.05, 0) is 55.1 Å². The number of hydrogen-bond acceptors (Lipinski definition) is 2. The molecule has 0 saturated heterocycles. The zero-order valence-corrected chi connectivity index (χ0v) is 14.4. The van der Waals surface area contributed by atoms with Gasteiger partial charge in [0.25, 0.3) is 0 Å². The molecule has 0 amide bonds. The van der Waals surface area contributed by atoms with Crippen LogP contribution >= 0.6 is 23.6 Å². The van der Waals surface area contributed by atoms with E-state index in [0.29, 0.717) is 11.2 Å². The van der Waals surface area contributed by atoms with E-state index in [1.54, 1.807) is 11.3 Å². The maximum atomic E-state index is 5.41. The number of thiocarbonyl (C=S) groups is 1. The Bertz CT molecular complexity index is 559. The van der Waals surface area contributed by atoms with Crippen molar-refractivity contribution in [2.24, 2.45) is 0 Å². The fraction of sp³-hybridized carbons (Fsp3) is 0.353. The van der Waals surface area contributed by atoms with Crippen LogP contribution in [0.25, 0.3) is 0 Å². The molecule has 0 aliphatic rings. The molecule has 0 saturated carbocycles. The summed E-state index contributed by atoms with van der Waals surface area (Å²) in [7, 11) is 0. The van der Waals surface area contributed by atoms with Gasteiger partial charge in [0, 0.05) is 10.9 Å². The van der Waals surface area contributed by atoms with Gasteiger partial charge < -0.3 is 10.6 Å². The molecule has 0 unspecified atom stereocenters. The van der Waals surface area contributed by atoms with E-state index in [2.05, 4.69) is 73.2 Å². The van der Waals surface area contributed by atoms with Crippen LogP contribution in [0.4, 0.5) is 0 Å². The van der Waals surface area contributed by atoms with Gasteiger partial charge in [-0.15, -0.1) is 11.3 Å². The summed E-state index contributed by atoms with van der Waals surface area (Å²) in [4.78, 5) is 1.27. The van der Waals surface area contributed by atoms with E-state index in [9.17, 15) is 0 Å². The molecule has 0 radical (unpaired) electrons. The van der Waals surface area contributed by atoms with Gasteiger partial charge in [-0.1, -0.05) is 37.3 Å². The monoisotopic (exact) mass is 318 g/mol. The van der Waals surface area contributed by atoms with Gasteiger partial charge in [-0.3, -0.25) is 0 Å². The molecule has 1 aromatic carbocycles. The molecule has 2 N–H and O–H groups in total. The van der Waals surface area contributed by atoms with Gasteiger partial charge in [-0.2, -0.15) is 0 Å². The Kier molecular flexibility index (Phi) is 5.76. The topological polar surface area (TPSA) is 24.1 Å². The van der Waals surface area contributed by atoms with E-state index in [0.717, 1.165) is 6.42 Å². The Labute approximate surface area is 136 Å². The van der Waals surface area contributed by atoms with E-state index < -0.39 is 0 Å². The second kappa shape index (κ2) is 7.57. The molecule has 0 aliphatic carbocycles. The normalized spacial score (nSPS) is 12.2. The molecule has 2 rings (SSSR count). The van der Waals surface area contributed by atoms with Crippen LogP contribution in [0.1, 0.15) is 42.8 Å². The highest BCUT2D eigenvalue weighted by atomic mass is 32.1. The van der Waals surface area contributed by atoms with Crippen LogP contribution < -0.4 is 10.6 Å². The van der Waals surface area contributed by atoms with Crippen LogP contribution in [0.2, 0.25) is 0 Å². The van der Waals surface area contributed by atoms with Crippen molar-refractivity contribution in [2.45, 2.75) is 39.3 Å². The first kappa shape index (κ1) is 16.0. The predicted molar refractivity (Wildman–Crippen MR) is 96.0 cm³/mol. The average molecular weight is 319 g/mol. The second-order valence-corrected chi connectivity index (χ2v) is 6.70. The highest BCUT2D eigenvalue weighted by Crippen LogP contribution is 2.26. The van der Waals surface area contributed by atoms with Crippen molar-refractivity contribution in [3.05, 3.63) is 57.8 Å². The van der Waals surface area contributed by atoms with Gasteiger partial charge >= 0.3 is 0 Å². The van der Waals surface area contributed by atoms with Crippen molar-refractivity contribution in [3.8, 4) is 0 Å². The third-order valence-corrected chi connectivity index (χ3v) is 4.42. The van der Waals surface area contributed by atoms with Gasteiger partial charge in [-0.25, -0.2) is 0 Å². The lowest BCUT2D eigenvalue weighted by atomic mass is 10.0. The molecule has 1 aromatic heterocycles. The molecule has 4 heteroatoms. The Morgan fingerprint density at radius 1 is 1.14 bits per heavy atom. The van der Waals surface area contributed by atoms with Crippen molar-refractivity contribution in [2.75, 3.05) is 0 Å². The Balaban J connectivity index is 2.21. The maximum Gasteiger partial charge on any atom is 0.167 e. The van der Waals surface area contributed by atoms with Crippen molar-refractivity contribution in [3.63, 3.8) is 0 Å². The molecule has 0 bridgehead atoms. The zero-order chi connectivity index (χ0) is 15.2. The van der Waals surface area contributed by atoms with Crippen molar-refractivity contribution >= 4 is 28.7 Å². The lowest BCUT2D eigenvalue weighted by Gasteiger charge is -2.22. The third kappa shape index (κ3) is 4.55. The smallest absolute Gasteiger partial charge is 0.167 e. The summed E-state index contributed by atoms with van der Waals surface area (Å²) in [6.45, 7) is 6.35. The minimum Gasteiger partial charge on any atom is -0.361 e. The molecule has 21 heavy (non-hydrogen) atoms. The lowest BCUT2D eigenvalue weighted by Crippen LogP contribution is -2.41. The summed E-state index contributed by atoms with van der Waals surface area (Å²) in [6, 6.07) is 13.4. The van der Waals surface area contributed by atoms with Crippen molar-refractivity contribution in [1.82, 2.24) is 10.6 Å². The van der Waals surface area contributed by atoms with Crippen LogP contribution in [0, 0.1) is 0 Å². The zero-order valence-electron chi connectivity index (χ0n) is 12.7. The second-order valence-electron chi connectivity index (χ2n) is 5.32. The molecule has 2 nitrogen and oxygen atoms in total. The summed E-state index contributed by atoms with van der Waals surface area (Å²) >= 11 is 7.16. The van der Waals surface area contributed by atoms with E-state index in [-0.39, 0.29) is 6.04 Å². The van der Waals surface area contributed by atoms with E-state index in [1.807, 2.05) is 0 Å². The summed E-state index contributed by atoms with van der Waals surface area (Å²) in [6.07, 6.45) is 1.06. The highest BCUT2D eigenvalue weighted by molar-refractivity contribution is 7.80. The Hall–Kier alpha value is -1.39. The predicted octanol–water partition coefficient (Wildman–Crippen LogP) is 4.27. The summed E-state index contributed by atoms with van der Waals surface area (Å²) in [5.74, 6) is 0. The Morgan fingerprint density at radius 2 is 1.86 bits per heavy atom. The molecular formula is C17H22N2S2. The molecule has 0 aliphatic heterocycles. The number of nitrogens with one attached hydrogen (secondary N) is 2. The highest BCUT2D eigenvalue weighted by Gasteiger charge is 2.16. The molecule has 112 valence electrons. The van der Waals surface area contributed by atoms with Crippen LogP contribution in [-0.4, -0.2) is 11.2 Å². The number of benzene rings is 1. The quantitative estimate of drug-likeness (QED) is 0.805. The number of rotatable bonds is 5. The lowest BCUT2D eigenvalue weighted by molar-refractivity contribution is 0.688. The molecule has 0 spiro atoms.